The van der Waals surface area contributed by atoms with Gasteiger partial charge in [-0.05, 0) is 86.8 Å². The zero-order valence-corrected chi connectivity index (χ0v) is 20.7. The molecule has 0 atom stereocenters. The highest BCUT2D eigenvalue weighted by molar-refractivity contribution is 5.78. The molecule has 36 heavy (non-hydrogen) atoms. The minimum atomic E-state index is -4.42. The molecule has 2 aromatic rings. The lowest BCUT2D eigenvalue weighted by Crippen LogP contribution is -2.43. The van der Waals surface area contributed by atoms with Gasteiger partial charge in [0.1, 0.15) is 0 Å². The van der Waals surface area contributed by atoms with Crippen LogP contribution in [0.2, 0.25) is 0 Å². The Kier molecular flexibility index (Phi) is 7.44. The number of ether oxygens (including phenoxy) is 1. The predicted octanol–water partition coefficient (Wildman–Crippen LogP) is 5.69. The zero-order valence-electron chi connectivity index (χ0n) is 20.7. The Morgan fingerprint density at radius 3 is 2.11 bits per heavy atom. The number of hydrogen-bond donors (Lipinski definition) is 1. The van der Waals surface area contributed by atoms with Gasteiger partial charge in [-0.15, -0.1) is 0 Å². The van der Waals surface area contributed by atoms with E-state index in [1.165, 1.54) is 25.0 Å². The smallest absolute Gasteiger partial charge is 0.378 e. The highest BCUT2D eigenvalue weighted by atomic mass is 19.4. The summed E-state index contributed by atoms with van der Waals surface area (Å²) in [6.45, 7) is 11.0. The van der Waals surface area contributed by atoms with Crippen molar-refractivity contribution in [1.82, 2.24) is 4.90 Å². The number of alkyl halides is 3. The average Bonchev–Trinajstić information content (AvgIpc) is 3.44. The van der Waals surface area contributed by atoms with Crippen LogP contribution in [0.25, 0.3) is 5.70 Å². The third-order valence-electron chi connectivity index (χ3n) is 7.62. The summed E-state index contributed by atoms with van der Waals surface area (Å²) in [5.74, 6) is 0. The molecule has 1 N–H and O–H groups in total. The lowest BCUT2D eigenvalue weighted by atomic mass is 10.0. The van der Waals surface area contributed by atoms with Crippen LogP contribution in [-0.4, -0.2) is 63.4 Å². The van der Waals surface area contributed by atoms with Crippen molar-refractivity contribution in [3.05, 3.63) is 60.2 Å². The maximum absolute atomic E-state index is 13.8. The van der Waals surface area contributed by atoms with Crippen LogP contribution in [0, 0.1) is 0 Å². The van der Waals surface area contributed by atoms with E-state index in [-0.39, 0.29) is 0 Å². The first-order valence-electron chi connectivity index (χ1n) is 13.0. The number of halogens is 3. The molecule has 0 amide bonds. The van der Waals surface area contributed by atoms with Gasteiger partial charge in [-0.3, -0.25) is 0 Å². The largest absolute Gasteiger partial charge is 0.416 e. The van der Waals surface area contributed by atoms with E-state index in [9.17, 15) is 13.2 Å². The van der Waals surface area contributed by atoms with Crippen molar-refractivity contribution in [3.8, 4) is 0 Å². The number of nitrogens with zero attached hydrogens (tertiary/aromatic N) is 3. The number of anilines is 3. The highest BCUT2D eigenvalue weighted by Gasteiger charge is 2.33. The number of likely N-dealkylation sites (tertiary alicyclic amines) is 1. The van der Waals surface area contributed by atoms with Gasteiger partial charge in [0.25, 0.3) is 0 Å². The van der Waals surface area contributed by atoms with Crippen LogP contribution in [-0.2, 0) is 10.9 Å². The van der Waals surface area contributed by atoms with Crippen molar-refractivity contribution < 1.29 is 17.9 Å². The molecular formula is C28H35F3N4O. The predicted molar refractivity (Wildman–Crippen MR) is 140 cm³/mol. The quantitative estimate of drug-likeness (QED) is 0.551. The number of nitrogens with one attached hydrogen (secondary N) is 1. The number of rotatable bonds is 6. The molecule has 2 aromatic carbocycles. The summed E-state index contributed by atoms with van der Waals surface area (Å²) in [4.78, 5) is 6.90. The van der Waals surface area contributed by atoms with Crippen molar-refractivity contribution in [1.29, 1.82) is 0 Å². The van der Waals surface area contributed by atoms with E-state index in [4.69, 9.17) is 4.74 Å². The molecule has 3 aliphatic heterocycles. The average molecular weight is 501 g/mol. The van der Waals surface area contributed by atoms with E-state index >= 15 is 0 Å². The fraction of sp³-hybridized carbons (Fsp3) is 0.500. The van der Waals surface area contributed by atoms with Crippen molar-refractivity contribution in [3.63, 3.8) is 0 Å². The van der Waals surface area contributed by atoms with E-state index < -0.39 is 11.7 Å². The van der Waals surface area contributed by atoms with Gasteiger partial charge in [0.05, 0.1) is 18.8 Å². The minimum Gasteiger partial charge on any atom is -0.378 e. The first-order chi connectivity index (χ1) is 17.4. The van der Waals surface area contributed by atoms with E-state index in [0.29, 0.717) is 36.2 Å². The molecule has 5 rings (SSSR count). The second-order valence-electron chi connectivity index (χ2n) is 9.98. The highest BCUT2D eigenvalue weighted by Crippen LogP contribution is 2.36. The number of benzene rings is 2. The Morgan fingerprint density at radius 1 is 0.833 bits per heavy atom. The van der Waals surface area contributed by atoms with Gasteiger partial charge in [-0.2, -0.15) is 13.2 Å². The molecular weight excluding hydrogens is 465 g/mol. The third-order valence-corrected chi connectivity index (χ3v) is 7.62. The molecule has 194 valence electrons. The minimum absolute atomic E-state index is 0.452. The molecule has 5 nitrogen and oxygen atoms in total. The van der Waals surface area contributed by atoms with Crippen LogP contribution in [0.1, 0.15) is 36.8 Å². The van der Waals surface area contributed by atoms with Crippen molar-refractivity contribution in [2.45, 2.75) is 37.9 Å². The van der Waals surface area contributed by atoms with Crippen LogP contribution in [0.5, 0.6) is 0 Å². The Labute approximate surface area is 211 Å². The molecule has 0 saturated carbocycles. The van der Waals surface area contributed by atoms with Gasteiger partial charge in [0, 0.05) is 55.0 Å². The SMILES string of the molecule is C=C(Nc1ccc(N2CCOCC2)cc1)c1cc(N2CCC(N3CCCC3)CC2)cc(C(F)(F)F)c1. The Balaban J connectivity index is 1.29. The topological polar surface area (TPSA) is 31.0 Å². The Bertz CT molecular complexity index is 1040. The van der Waals surface area contributed by atoms with Gasteiger partial charge >= 0.3 is 6.18 Å². The summed E-state index contributed by atoms with van der Waals surface area (Å²) >= 11 is 0. The molecule has 0 spiro atoms. The Hall–Kier alpha value is -2.71. The lowest BCUT2D eigenvalue weighted by molar-refractivity contribution is -0.137. The van der Waals surface area contributed by atoms with Crippen molar-refractivity contribution in [2.24, 2.45) is 0 Å². The van der Waals surface area contributed by atoms with Crippen molar-refractivity contribution >= 4 is 22.8 Å². The van der Waals surface area contributed by atoms with Crippen LogP contribution in [0.15, 0.2) is 49.0 Å². The standard InChI is InChI=1S/C28H35F3N4O/c1-21(32-24-4-6-25(7-5-24)35-14-16-36-17-15-35)22-18-23(28(29,30)31)20-27(19-22)34-12-8-26(9-13-34)33-10-2-3-11-33/h4-7,18-20,26,32H,1-3,8-17H2. The normalized spacial score (nSPS) is 20.1. The second-order valence-corrected chi connectivity index (χ2v) is 9.98. The molecule has 3 fully saturated rings. The number of hydrogen-bond acceptors (Lipinski definition) is 5. The lowest BCUT2D eigenvalue weighted by Gasteiger charge is -2.38. The molecule has 0 radical (unpaired) electrons. The molecule has 3 aliphatic rings. The van der Waals surface area contributed by atoms with Gasteiger partial charge in [0.2, 0.25) is 0 Å². The molecule has 0 aliphatic carbocycles. The summed E-state index contributed by atoms with van der Waals surface area (Å²) in [6.07, 6.45) is 0.0593. The van der Waals surface area contributed by atoms with E-state index in [0.717, 1.165) is 63.5 Å². The number of piperidine rings is 1. The fourth-order valence-electron chi connectivity index (χ4n) is 5.55. The zero-order chi connectivity index (χ0) is 25.1. The molecule has 0 bridgehead atoms. The van der Waals surface area contributed by atoms with Crippen molar-refractivity contribution in [2.75, 3.05) is 67.6 Å². The van der Waals surface area contributed by atoms with Gasteiger partial charge in [-0.1, -0.05) is 6.58 Å². The first-order valence-corrected chi connectivity index (χ1v) is 13.0. The first kappa shape index (κ1) is 25.0. The summed E-state index contributed by atoms with van der Waals surface area (Å²) in [7, 11) is 0. The summed E-state index contributed by atoms with van der Waals surface area (Å²) < 4.78 is 46.8. The van der Waals surface area contributed by atoms with Gasteiger partial charge < -0.3 is 24.8 Å². The molecule has 0 unspecified atom stereocenters. The fourth-order valence-corrected chi connectivity index (χ4v) is 5.55. The summed E-state index contributed by atoms with van der Waals surface area (Å²) in [5.41, 5.74) is 2.79. The van der Waals surface area contributed by atoms with Gasteiger partial charge in [0.15, 0.2) is 0 Å². The molecule has 3 saturated heterocycles. The van der Waals surface area contributed by atoms with Gasteiger partial charge in [-0.25, -0.2) is 0 Å². The molecule has 0 aromatic heterocycles. The maximum Gasteiger partial charge on any atom is 0.416 e. The maximum atomic E-state index is 13.8. The van der Waals surface area contributed by atoms with E-state index in [2.05, 4.69) is 26.6 Å². The Morgan fingerprint density at radius 2 is 1.47 bits per heavy atom. The second kappa shape index (κ2) is 10.7. The van der Waals surface area contributed by atoms with E-state index in [1.807, 2.05) is 30.3 Å². The van der Waals surface area contributed by atoms with E-state index in [1.54, 1.807) is 0 Å². The monoisotopic (exact) mass is 500 g/mol. The number of morpholine rings is 1. The van der Waals surface area contributed by atoms with Crippen LogP contribution >= 0.6 is 0 Å². The summed E-state index contributed by atoms with van der Waals surface area (Å²) in [6, 6.07) is 12.8. The van der Waals surface area contributed by atoms with Crippen LogP contribution in [0.3, 0.4) is 0 Å². The molecule has 3 heterocycles. The summed E-state index contributed by atoms with van der Waals surface area (Å²) in [5, 5.41) is 3.21. The third kappa shape index (κ3) is 5.81. The molecule has 8 heteroatoms. The van der Waals surface area contributed by atoms with Crippen LogP contribution in [0.4, 0.5) is 30.2 Å². The van der Waals surface area contributed by atoms with Crippen LogP contribution < -0.4 is 15.1 Å².